The van der Waals surface area contributed by atoms with Gasteiger partial charge < -0.3 is 9.63 Å². The third-order valence-electron chi connectivity index (χ3n) is 4.28. The number of aromatic nitrogens is 2. The van der Waals surface area contributed by atoms with Gasteiger partial charge in [0, 0.05) is 4.88 Å². The van der Waals surface area contributed by atoms with Gasteiger partial charge in [-0.05, 0) is 37.1 Å². The minimum Gasteiger partial charge on any atom is -0.480 e. The number of aryl methyl sites for hydroxylation is 1. The SMILES string of the molecule is Cc1noc([C@@H]2C[C@@](CC(C)C)(C(=O)O)N[C@H]2c2cccs2)n1. The van der Waals surface area contributed by atoms with E-state index in [0.717, 1.165) is 4.88 Å². The van der Waals surface area contributed by atoms with Crippen LogP contribution in [0.2, 0.25) is 0 Å². The van der Waals surface area contributed by atoms with E-state index in [1.165, 1.54) is 0 Å². The van der Waals surface area contributed by atoms with Crippen LogP contribution in [0, 0.1) is 12.8 Å². The van der Waals surface area contributed by atoms with E-state index in [2.05, 4.69) is 15.5 Å². The smallest absolute Gasteiger partial charge is 0.323 e. The van der Waals surface area contributed by atoms with Gasteiger partial charge in [0.25, 0.3) is 0 Å². The fourth-order valence-corrected chi connectivity index (χ4v) is 4.30. The molecule has 124 valence electrons. The quantitative estimate of drug-likeness (QED) is 0.873. The van der Waals surface area contributed by atoms with E-state index in [0.29, 0.717) is 24.6 Å². The Morgan fingerprint density at radius 1 is 1.61 bits per heavy atom. The second-order valence-electron chi connectivity index (χ2n) is 6.61. The molecule has 7 heteroatoms. The first-order valence-corrected chi connectivity index (χ1v) is 8.64. The van der Waals surface area contributed by atoms with E-state index in [-0.39, 0.29) is 17.9 Å². The van der Waals surface area contributed by atoms with Crippen molar-refractivity contribution in [2.24, 2.45) is 5.92 Å². The summed E-state index contributed by atoms with van der Waals surface area (Å²) in [7, 11) is 0. The molecule has 1 aliphatic heterocycles. The highest BCUT2D eigenvalue weighted by Crippen LogP contribution is 2.47. The Hall–Kier alpha value is -1.73. The van der Waals surface area contributed by atoms with Crippen molar-refractivity contribution >= 4 is 17.3 Å². The predicted molar refractivity (Wildman–Crippen MR) is 86.4 cm³/mol. The molecule has 2 aromatic heterocycles. The number of hydrogen-bond acceptors (Lipinski definition) is 6. The summed E-state index contributed by atoms with van der Waals surface area (Å²) in [5.41, 5.74) is -0.962. The molecule has 2 aromatic rings. The van der Waals surface area contributed by atoms with Crippen molar-refractivity contribution < 1.29 is 14.4 Å². The van der Waals surface area contributed by atoms with Crippen molar-refractivity contribution in [3.8, 4) is 0 Å². The van der Waals surface area contributed by atoms with E-state index in [9.17, 15) is 9.90 Å². The molecular formula is C16H21N3O3S. The van der Waals surface area contributed by atoms with Gasteiger partial charge in [-0.1, -0.05) is 25.1 Å². The molecule has 0 unspecified atom stereocenters. The lowest BCUT2D eigenvalue weighted by Crippen LogP contribution is -2.49. The van der Waals surface area contributed by atoms with Crippen LogP contribution in [0.5, 0.6) is 0 Å². The molecule has 3 heterocycles. The summed E-state index contributed by atoms with van der Waals surface area (Å²) in [4.78, 5) is 17.5. The summed E-state index contributed by atoms with van der Waals surface area (Å²) in [6.45, 7) is 5.85. The Labute approximate surface area is 138 Å². The Morgan fingerprint density at radius 3 is 2.91 bits per heavy atom. The fourth-order valence-electron chi connectivity index (χ4n) is 3.46. The zero-order valence-electron chi connectivity index (χ0n) is 13.4. The zero-order valence-corrected chi connectivity index (χ0v) is 14.3. The van der Waals surface area contributed by atoms with E-state index >= 15 is 0 Å². The molecule has 0 spiro atoms. The summed E-state index contributed by atoms with van der Waals surface area (Å²) in [6, 6.07) is 3.87. The van der Waals surface area contributed by atoms with Gasteiger partial charge in [0.15, 0.2) is 5.82 Å². The fraction of sp³-hybridized carbons (Fsp3) is 0.562. The summed E-state index contributed by atoms with van der Waals surface area (Å²) in [6.07, 6.45) is 1.01. The van der Waals surface area contributed by atoms with Crippen LogP contribution in [0.25, 0.3) is 0 Å². The molecule has 3 rings (SSSR count). The van der Waals surface area contributed by atoms with Crippen LogP contribution >= 0.6 is 11.3 Å². The van der Waals surface area contributed by atoms with Crippen molar-refractivity contribution in [3.63, 3.8) is 0 Å². The van der Waals surface area contributed by atoms with E-state index in [1.54, 1.807) is 18.3 Å². The Kier molecular flexibility index (Phi) is 4.25. The van der Waals surface area contributed by atoms with Crippen LogP contribution in [0.1, 0.15) is 55.2 Å². The van der Waals surface area contributed by atoms with E-state index in [1.807, 2.05) is 31.4 Å². The second kappa shape index (κ2) is 6.05. The first-order valence-electron chi connectivity index (χ1n) is 7.76. The summed E-state index contributed by atoms with van der Waals surface area (Å²) >= 11 is 1.61. The normalized spacial score (nSPS) is 27.7. The van der Waals surface area contributed by atoms with Crippen LogP contribution in [-0.2, 0) is 4.79 Å². The topological polar surface area (TPSA) is 88.2 Å². The van der Waals surface area contributed by atoms with Crippen molar-refractivity contribution in [1.82, 2.24) is 15.5 Å². The van der Waals surface area contributed by atoms with E-state index < -0.39 is 11.5 Å². The van der Waals surface area contributed by atoms with Gasteiger partial charge in [0.1, 0.15) is 5.54 Å². The maximum absolute atomic E-state index is 12.0. The average molecular weight is 335 g/mol. The molecule has 1 aliphatic rings. The Morgan fingerprint density at radius 2 is 2.39 bits per heavy atom. The number of carboxylic acids is 1. The summed E-state index contributed by atoms with van der Waals surface area (Å²) < 4.78 is 5.37. The number of rotatable bonds is 5. The van der Waals surface area contributed by atoms with Crippen LogP contribution in [0.4, 0.5) is 0 Å². The number of nitrogens with one attached hydrogen (secondary N) is 1. The molecule has 0 aromatic carbocycles. The number of carboxylic acid groups (broad SMARTS) is 1. The average Bonchev–Trinajstić information content (AvgIpc) is 3.16. The molecule has 1 fully saturated rings. The zero-order chi connectivity index (χ0) is 16.6. The van der Waals surface area contributed by atoms with Crippen molar-refractivity contribution in [2.75, 3.05) is 0 Å². The van der Waals surface area contributed by atoms with E-state index in [4.69, 9.17) is 4.52 Å². The van der Waals surface area contributed by atoms with Crippen LogP contribution < -0.4 is 5.32 Å². The highest BCUT2D eigenvalue weighted by Gasteiger charge is 2.53. The van der Waals surface area contributed by atoms with Gasteiger partial charge in [-0.2, -0.15) is 4.98 Å². The van der Waals surface area contributed by atoms with Crippen molar-refractivity contribution in [3.05, 3.63) is 34.1 Å². The number of hydrogen-bond donors (Lipinski definition) is 2. The number of thiophene rings is 1. The lowest BCUT2D eigenvalue weighted by Gasteiger charge is -2.27. The molecular weight excluding hydrogens is 314 g/mol. The largest absolute Gasteiger partial charge is 0.480 e. The van der Waals surface area contributed by atoms with Crippen LogP contribution in [0.15, 0.2) is 22.0 Å². The van der Waals surface area contributed by atoms with Gasteiger partial charge in [-0.25, -0.2) is 0 Å². The highest BCUT2D eigenvalue weighted by molar-refractivity contribution is 7.10. The summed E-state index contributed by atoms with van der Waals surface area (Å²) in [5, 5.41) is 19.1. The molecule has 3 atom stereocenters. The molecule has 0 bridgehead atoms. The molecule has 0 aliphatic carbocycles. The molecule has 2 N–H and O–H groups in total. The number of carbonyl (C=O) groups is 1. The van der Waals surface area contributed by atoms with Gasteiger partial charge in [-0.15, -0.1) is 11.3 Å². The monoisotopic (exact) mass is 335 g/mol. The molecule has 6 nitrogen and oxygen atoms in total. The maximum Gasteiger partial charge on any atom is 0.323 e. The Bertz CT molecular complexity index is 683. The first kappa shape index (κ1) is 16.1. The minimum atomic E-state index is -0.962. The summed E-state index contributed by atoms with van der Waals surface area (Å²) in [5.74, 6) is 0.406. The van der Waals surface area contributed by atoms with Crippen LogP contribution in [-0.4, -0.2) is 26.8 Å². The van der Waals surface area contributed by atoms with Crippen LogP contribution in [0.3, 0.4) is 0 Å². The Balaban J connectivity index is 2.00. The lowest BCUT2D eigenvalue weighted by atomic mass is 9.84. The third kappa shape index (κ3) is 3.03. The van der Waals surface area contributed by atoms with Gasteiger partial charge in [0.2, 0.25) is 5.89 Å². The van der Waals surface area contributed by atoms with Gasteiger partial charge in [-0.3, -0.25) is 10.1 Å². The molecule has 23 heavy (non-hydrogen) atoms. The molecule has 0 amide bonds. The lowest BCUT2D eigenvalue weighted by molar-refractivity contribution is -0.145. The minimum absolute atomic E-state index is 0.121. The van der Waals surface area contributed by atoms with Crippen molar-refractivity contribution in [2.45, 2.75) is 51.1 Å². The molecule has 0 saturated carbocycles. The maximum atomic E-state index is 12.0. The number of aliphatic carboxylic acids is 1. The highest BCUT2D eigenvalue weighted by atomic mass is 32.1. The molecule has 0 radical (unpaired) electrons. The predicted octanol–water partition coefficient (Wildman–Crippen LogP) is 3.13. The van der Waals surface area contributed by atoms with Gasteiger partial charge >= 0.3 is 5.97 Å². The standard InChI is InChI=1S/C16H21N3O3S/c1-9(2)7-16(15(20)21)8-11(14-17-10(3)19-22-14)13(18-16)12-5-4-6-23-12/h4-6,9,11,13,18H,7-8H2,1-3H3,(H,20,21)/t11-,13-,16+/m1/s1. The second-order valence-corrected chi connectivity index (χ2v) is 7.59. The third-order valence-corrected chi connectivity index (χ3v) is 5.23. The first-order chi connectivity index (χ1) is 10.9. The molecule has 1 saturated heterocycles. The number of nitrogens with zero attached hydrogens (tertiary/aromatic N) is 2. The van der Waals surface area contributed by atoms with Crippen molar-refractivity contribution in [1.29, 1.82) is 0 Å². The van der Waals surface area contributed by atoms with Gasteiger partial charge in [0.05, 0.1) is 12.0 Å².